The molecule has 2 aromatic rings. The molecule has 0 atom stereocenters. The predicted molar refractivity (Wildman–Crippen MR) is 98.0 cm³/mol. The Labute approximate surface area is 159 Å². The maximum Gasteiger partial charge on any atom is 0.363 e. The number of aliphatic imine (C=N–C) groups is 1. The normalized spacial score (nSPS) is 14.4. The maximum absolute atomic E-state index is 12.1. The molecule has 9 nitrogen and oxygen atoms in total. The average molecular weight is 382 g/mol. The van der Waals surface area contributed by atoms with Gasteiger partial charge in [-0.2, -0.15) is 0 Å². The number of esters is 2. The molecule has 2 aromatic carbocycles. The van der Waals surface area contributed by atoms with Crippen LogP contribution in [0.25, 0.3) is 6.08 Å². The van der Waals surface area contributed by atoms with Gasteiger partial charge in [-0.1, -0.05) is 12.1 Å². The first-order valence-electron chi connectivity index (χ1n) is 8.01. The van der Waals surface area contributed by atoms with E-state index < -0.39 is 16.9 Å². The fourth-order valence-corrected chi connectivity index (χ4v) is 2.46. The summed E-state index contributed by atoms with van der Waals surface area (Å²) in [5.41, 5.74) is 0.685. The van der Waals surface area contributed by atoms with Gasteiger partial charge in [-0.3, -0.25) is 14.9 Å². The average Bonchev–Trinajstić information content (AvgIpc) is 3.02. The number of benzene rings is 2. The highest BCUT2D eigenvalue weighted by Crippen LogP contribution is 2.30. The number of carbonyl (C=O) groups excluding carboxylic acids is 2. The Hall–Kier alpha value is -4.01. The van der Waals surface area contributed by atoms with Crippen LogP contribution in [0.15, 0.2) is 53.2 Å². The van der Waals surface area contributed by atoms with Gasteiger partial charge >= 0.3 is 11.9 Å². The van der Waals surface area contributed by atoms with Crippen molar-refractivity contribution in [2.75, 3.05) is 7.11 Å². The number of non-ortho nitro benzene ring substituents is 1. The molecule has 9 heteroatoms. The Balaban J connectivity index is 1.94. The van der Waals surface area contributed by atoms with Crippen LogP contribution in [0.2, 0.25) is 0 Å². The van der Waals surface area contributed by atoms with E-state index in [0.29, 0.717) is 16.9 Å². The van der Waals surface area contributed by atoms with E-state index in [4.69, 9.17) is 14.2 Å². The van der Waals surface area contributed by atoms with Crippen molar-refractivity contribution in [1.82, 2.24) is 0 Å². The van der Waals surface area contributed by atoms with E-state index in [1.165, 1.54) is 44.4 Å². The number of nitro groups is 1. The highest BCUT2D eigenvalue weighted by molar-refractivity contribution is 6.13. The Morgan fingerprint density at radius 2 is 2.00 bits per heavy atom. The van der Waals surface area contributed by atoms with Crippen LogP contribution in [0.1, 0.15) is 18.1 Å². The Bertz CT molecular complexity index is 1040. The van der Waals surface area contributed by atoms with Gasteiger partial charge in [-0.25, -0.2) is 9.79 Å². The van der Waals surface area contributed by atoms with Crippen molar-refractivity contribution in [3.8, 4) is 11.5 Å². The molecule has 1 aliphatic heterocycles. The molecule has 28 heavy (non-hydrogen) atoms. The number of cyclic esters (lactones) is 1. The van der Waals surface area contributed by atoms with Crippen molar-refractivity contribution in [2.45, 2.75) is 6.92 Å². The van der Waals surface area contributed by atoms with Crippen LogP contribution < -0.4 is 9.47 Å². The molecule has 142 valence electrons. The largest absolute Gasteiger partial charge is 0.493 e. The molecule has 0 saturated heterocycles. The number of nitro benzene ring substituents is 1. The minimum Gasteiger partial charge on any atom is -0.493 e. The molecule has 0 aliphatic carbocycles. The number of methoxy groups -OCH3 is 1. The first-order valence-corrected chi connectivity index (χ1v) is 8.01. The monoisotopic (exact) mass is 382 g/mol. The van der Waals surface area contributed by atoms with Crippen LogP contribution in [-0.4, -0.2) is 29.9 Å². The fourth-order valence-electron chi connectivity index (χ4n) is 2.46. The zero-order valence-corrected chi connectivity index (χ0v) is 14.9. The zero-order valence-electron chi connectivity index (χ0n) is 14.9. The van der Waals surface area contributed by atoms with Gasteiger partial charge in [0.1, 0.15) is 0 Å². The minimum absolute atomic E-state index is 0.000415. The van der Waals surface area contributed by atoms with Crippen LogP contribution in [-0.2, 0) is 14.3 Å². The third-order valence-corrected chi connectivity index (χ3v) is 3.67. The lowest BCUT2D eigenvalue weighted by atomic mass is 10.1. The van der Waals surface area contributed by atoms with E-state index in [1.54, 1.807) is 18.2 Å². The smallest absolute Gasteiger partial charge is 0.363 e. The second kappa shape index (κ2) is 7.70. The van der Waals surface area contributed by atoms with Crippen molar-refractivity contribution in [3.63, 3.8) is 0 Å². The minimum atomic E-state index is -0.702. The lowest BCUT2D eigenvalue weighted by Gasteiger charge is -2.08. The summed E-state index contributed by atoms with van der Waals surface area (Å²) in [5.74, 6) is -0.708. The summed E-state index contributed by atoms with van der Waals surface area (Å²) in [6.07, 6.45) is 1.44. The van der Waals surface area contributed by atoms with Crippen molar-refractivity contribution in [3.05, 3.63) is 69.4 Å². The highest BCUT2D eigenvalue weighted by atomic mass is 16.6. The maximum atomic E-state index is 12.1. The zero-order chi connectivity index (χ0) is 20.3. The second-order valence-electron chi connectivity index (χ2n) is 5.65. The van der Waals surface area contributed by atoms with Gasteiger partial charge in [0.05, 0.1) is 12.0 Å². The number of rotatable bonds is 5. The molecule has 3 rings (SSSR count). The first kappa shape index (κ1) is 18.8. The predicted octanol–water partition coefficient (Wildman–Crippen LogP) is 2.87. The number of hydrogen-bond donors (Lipinski definition) is 0. The van der Waals surface area contributed by atoms with Crippen LogP contribution in [0.4, 0.5) is 5.69 Å². The molecule has 1 heterocycles. The van der Waals surface area contributed by atoms with Gasteiger partial charge in [-0.05, 0) is 29.8 Å². The summed E-state index contributed by atoms with van der Waals surface area (Å²) >= 11 is 0. The van der Waals surface area contributed by atoms with Crippen LogP contribution in [0.5, 0.6) is 11.5 Å². The van der Waals surface area contributed by atoms with E-state index in [2.05, 4.69) is 4.99 Å². The number of nitrogens with zero attached hydrogens (tertiary/aromatic N) is 2. The summed E-state index contributed by atoms with van der Waals surface area (Å²) < 4.78 is 15.3. The summed E-state index contributed by atoms with van der Waals surface area (Å²) in [4.78, 5) is 37.8. The number of ether oxygens (including phenoxy) is 3. The van der Waals surface area contributed by atoms with Crippen LogP contribution in [0, 0.1) is 10.1 Å². The quantitative estimate of drug-likeness (QED) is 0.256. The molecule has 0 amide bonds. The van der Waals surface area contributed by atoms with Crippen molar-refractivity contribution < 1.29 is 28.7 Å². The third-order valence-electron chi connectivity index (χ3n) is 3.67. The van der Waals surface area contributed by atoms with E-state index in [0.717, 1.165) is 0 Å². The molecular formula is C19H14N2O7. The van der Waals surface area contributed by atoms with Crippen molar-refractivity contribution in [2.24, 2.45) is 4.99 Å². The Kier molecular flexibility index (Phi) is 5.16. The SMILES string of the molecule is COc1ccc(/C=C2\N=C(c3cccc([N+](=O)[O-])c3)OC2=O)cc1OC(C)=O. The van der Waals surface area contributed by atoms with Gasteiger partial charge in [-0.15, -0.1) is 0 Å². The molecular weight excluding hydrogens is 368 g/mol. The molecule has 1 aliphatic rings. The highest BCUT2D eigenvalue weighted by Gasteiger charge is 2.25. The Morgan fingerprint density at radius 3 is 2.68 bits per heavy atom. The number of hydrogen-bond acceptors (Lipinski definition) is 8. The van der Waals surface area contributed by atoms with Gasteiger partial charge in [0.25, 0.3) is 5.69 Å². The van der Waals surface area contributed by atoms with E-state index in [-0.39, 0.29) is 23.0 Å². The van der Waals surface area contributed by atoms with E-state index in [1.807, 2.05) is 0 Å². The summed E-state index contributed by atoms with van der Waals surface area (Å²) in [6.45, 7) is 1.26. The van der Waals surface area contributed by atoms with Crippen molar-refractivity contribution in [1.29, 1.82) is 0 Å². The molecule has 0 aromatic heterocycles. The van der Waals surface area contributed by atoms with E-state index in [9.17, 15) is 19.7 Å². The van der Waals surface area contributed by atoms with Crippen molar-refractivity contribution >= 4 is 29.6 Å². The summed E-state index contributed by atoms with van der Waals surface area (Å²) in [5, 5.41) is 10.9. The molecule has 0 N–H and O–H groups in total. The van der Waals surface area contributed by atoms with Gasteiger partial charge in [0.2, 0.25) is 5.90 Å². The fraction of sp³-hybridized carbons (Fsp3) is 0.105. The van der Waals surface area contributed by atoms with Gasteiger partial charge < -0.3 is 14.2 Å². The lowest BCUT2D eigenvalue weighted by Crippen LogP contribution is -2.05. The van der Waals surface area contributed by atoms with Crippen LogP contribution >= 0.6 is 0 Å². The molecule has 0 saturated carbocycles. The van der Waals surface area contributed by atoms with Gasteiger partial charge in [0.15, 0.2) is 17.2 Å². The molecule has 0 spiro atoms. The Morgan fingerprint density at radius 1 is 1.21 bits per heavy atom. The molecule has 0 radical (unpaired) electrons. The first-order chi connectivity index (χ1) is 13.4. The third kappa shape index (κ3) is 4.04. The summed E-state index contributed by atoms with van der Waals surface area (Å²) in [7, 11) is 1.43. The molecule has 0 bridgehead atoms. The molecule has 0 fully saturated rings. The topological polar surface area (TPSA) is 117 Å². The van der Waals surface area contributed by atoms with E-state index >= 15 is 0 Å². The van der Waals surface area contributed by atoms with Crippen LogP contribution in [0.3, 0.4) is 0 Å². The lowest BCUT2D eigenvalue weighted by molar-refractivity contribution is -0.384. The summed E-state index contributed by atoms with van der Waals surface area (Å²) in [6, 6.07) is 10.4. The molecule has 0 unspecified atom stereocenters. The second-order valence-corrected chi connectivity index (χ2v) is 5.65. The standard InChI is InChI=1S/C19H14N2O7/c1-11(22)27-17-9-12(6-7-16(17)26-2)8-15-19(23)28-18(20-15)13-4-3-5-14(10-13)21(24)25/h3-10H,1-2H3/b15-8-. The van der Waals surface area contributed by atoms with Gasteiger partial charge in [0, 0.05) is 24.6 Å². The number of carbonyl (C=O) groups is 2.